The number of ether oxygens (including phenoxy) is 1. The first-order valence-corrected chi connectivity index (χ1v) is 8.10. The molecule has 1 amide bonds. The van der Waals surface area contributed by atoms with Crippen LogP contribution in [0.4, 0.5) is 5.95 Å². The number of aryl methyl sites for hydroxylation is 1. The number of aromatic amines is 1. The number of carbonyl (C=O) groups is 1. The number of hydrogen-bond acceptors (Lipinski definition) is 5. The van der Waals surface area contributed by atoms with E-state index in [0.717, 1.165) is 11.3 Å². The van der Waals surface area contributed by atoms with Crippen LogP contribution in [0.5, 0.6) is 5.75 Å². The average Bonchev–Trinajstić information content (AvgIpc) is 3.11. The van der Waals surface area contributed by atoms with Crippen molar-refractivity contribution >= 4 is 11.9 Å². The van der Waals surface area contributed by atoms with Crippen LogP contribution in [0.1, 0.15) is 18.9 Å². The van der Waals surface area contributed by atoms with E-state index in [2.05, 4.69) is 25.5 Å². The number of nitrogens with zero attached hydrogens (tertiary/aromatic N) is 3. The predicted octanol–water partition coefficient (Wildman–Crippen LogP) is 2.84. The molecule has 1 aromatic carbocycles. The van der Waals surface area contributed by atoms with Gasteiger partial charge in [-0.05, 0) is 43.2 Å². The molecule has 0 spiro atoms. The summed E-state index contributed by atoms with van der Waals surface area (Å²) in [5.74, 6) is 1.46. The molecule has 0 unspecified atom stereocenters. The Morgan fingerprint density at radius 1 is 1.20 bits per heavy atom. The number of anilines is 1. The third-order valence-corrected chi connectivity index (χ3v) is 3.52. The van der Waals surface area contributed by atoms with Crippen LogP contribution in [0.25, 0.3) is 11.5 Å². The maximum atomic E-state index is 12.1. The number of rotatable bonds is 7. The second-order valence-corrected chi connectivity index (χ2v) is 5.35. The second-order valence-electron chi connectivity index (χ2n) is 5.35. The van der Waals surface area contributed by atoms with Gasteiger partial charge in [0.25, 0.3) is 0 Å². The van der Waals surface area contributed by atoms with Crippen LogP contribution in [0.2, 0.25) is 0 Å². The van der Waals surface area contributed by atoms with Crippen LogP contribution in [-0.4, -0.2) is 32.7 Å². The van der Waals surface area contributed by atoms with Crippen molar-refractivity contribution in [1.82, 2.24) is 20.2 Å². The zero-order valence-electron chi connectivity index (χ0n) is 13.9. The molecular weight excluding hydrogens is 318 g/mol. The van der Waals surface area contributed by atoms with E-state index in [-0.39, 0.29) is 11.9 Å². The lowest BCUT2D eigenvalue weighted by Crippen LogP contribution is -2.13. The molecule has 0 bridgehead atoms. The van der Waals surface area contributed by atoms with Crippen molar-refractivity contribution in [2.24, 2.45) is 0 Å². The zero-order valence-corrected chi connectivity index (χ0v) is 13.9. The molecule has 0 aliphatic rings. The molecule has 0 atom stereocenters. The highest BCUT2D eigenvalue weighted by Crippen LogP contribution is 2.14. The average molecular weight is 337 g/mol. The number of nitrogens with one attached hydrogen (secondary N) is 2. The summed E-state index contributed by atoms with van der Waals surface area (Å²) in [7, 11) is 0. The molecule has 7 nitrogen and oxygen atoms in total. The van der Waals surface area contributed by atoms with E-state index in [1.807, 2.05) is 49.4 Å². The molecule has 0 aliphatic heterocycles. The fraction of sp³-hybridized carbons (Fsp3) is 0.222. The third kappa shape index (κ3) is 4.63. The monoisotopic (exact) mass is 337 g/mol. The lowest BCUT2D eigenvalue weighted by Gasteiger charge is -2.05. The number of benzene rings is 1. The van der Waals surface area contributed by atoms with E-state index in [9.17, 15) is 4.79 Å². The van der Waals surface area contributed by atoms with E-state index >= 15 is 0 Å². The summed E-state index contributed by atoms with van der Waals surface area (Å²) in [5.41, 5.74) is 1.74. The lowest BCUT2D eigenvalue weighted by atomic mass is 10.1. The van der Waals surface area contributed by atoms with Crippen molar-refractivity contribution in [1.29, 1.82) is 0 Å². The predicted molar refractivity (Wildman–Crippen MR) is 94.2 cm³/mol. The van der Waals surface area contributed by atoms with E-state index < -0.39 is 0 Å². The summed E-state index contributed by atoms with van der Waals surface area (Å²) in [5, 5.41) is 9.45. The first kappa shape index (κ1) is 16.6. The first-order chi connectivity index (χ1) is 12.2. The molecule has 0 aliphatic carbocycles. The van der Waals surface area contributed by atoms with Crippen molar-refractivity contribution in [3.63, 3.8) is 0 Å². The fourth-order valence-electron chi connectivity index (χ4n) is 2.30. The Balaban J connectivity index is 1.52. The van der Waals surface area contributed by atoms with Gasteiger partial charge in [-0.2, -0.15) is 4.98 Å². The fourth-order valence-corrected chi connectivity index (χ4v) is 2.30. The molecule has 2 heterocycles. The topological polar surface area (TPSA) is 92.8 Å². The summed E-state index contributed by atoms with van der Waals surface area (Å²) in [6.07, 6.45) is 2.66. The van der Waals surface area contributed by atoms with Crippen molar-refractivity contribution in [3.8, 4) is 17.3 Å². The summed E-state index contributed by atoms with van der Waals surface area (Å²) >= 11 is 0. The van der Waals surface area contributed by atoms with E-state index in [4.69, 9.17) is 4.74 Å². The molecule has 0 saturated carbocycles. The number of hydrogen-bond donors (Lipinski definition) is 2. The zero-order chi connectivity index (χ0) is 17.5. The normalized spacial score (nSPS) is 10.4. The van der Waals surface area contributed by atoms with Crippen LogP contribution in [0.3, 0.4) is 0 Å². The van der Waals surface area contributed by atoms with Crippen LogP contribution in [0.15, 0.2) is 48.7 Å². The molecule has 128 valence electrons. The minimum Gasteiger partial charge on any atom is -0.494 e. The second kappa shape index (κ2) is 8.05. The lowest BCUT2D eigenvalue weighted by molar-refractivity contribution is -0.116. The third-order valence-electron chi connectivity index (χ3n) is 3.52. The van der Waals surface area contributed by atoms with Gasteiger partial charge in [0.05, 0.1) is 6.61 Å². The van der Waals surface area contributed by atoms with E-state index in [0.29, 0.717) is 31.0 Å². The minimum absolute atomic E-state index is 0.138. The van der Waals surface area contributed by atoms with Gasteiger partial charge in [-0.1, -0.05) is 18.2 Å². The molecule has 3 rings (SSSR count). The number of amides is 1. The Labute approximate surface area is 145 Å². The molecule has 7 heteroatoms. The van der Waals surface area contributed by atoms with Gasteiger partial charge in [-0.25, -0.2) is 0 Å². The Kier molecular flexibility index (Phi) is 5.36. The minimum atomic E-state index is -0.138. The van der Waals surface area contributed by atoms with E-state index in [1.165, 1.54) is 0 Å². The first-order valence-electron chi connectivity index (χ1n) is 8.10. The van der Waals surface area contributed by atoms with Gasteiger partial charge in [0.15, 0.2) is 5.82 Å². The van der Waals surface area contributed by atoms with Gasteiger partial charge in [0, 0.05) is 12.6 Å². The van der Waals surface area contributed by atoms with Crippen molar-refractivity contribution in [2.75, 3.05) is 11.9 Å². The highest BCUT2D eigenvalue weighted by atomic mass is 16.5. The Morgan fingerprint density at radius 2 is 2.04 bits per heavy atom. The van der Waals surface area contributed by atoms with Crippen molar-refractivity contribution in [3.05, 3.63) is 54.2 Å². The van der Waals surface area contributed by atoms with Crippen molar-refractivity contribution in [2.45, 2.75) is 19.8 Å². The summed E-state index contributed by atoms with van der Waals surface area (Å²) < 4.78 is 5.40. The van der Waals surface area contributed by atoms with Gasteiger partial charge in [0.1, 0.15) is 11.4 Å². The summed E-state index contributed by atoms with van der Waals surface area (Å²) in [6.45, 7) is 2.58. The molecule has 2 aromatic heterocycles. The van der Waals surface area contributed by atoms with Crippen LogP contribution >= 0.6 is 0 Å². The highest BCUT2D eigenvalue weighted by molar-refractivity contribution is 5.89. The van der Waals surface area contributed by atoms with Gasteiger partial charge in [-0.15, -0.1) is 5.10 Å². The summed E-state index contributed by atoms with van der Waals surface area (Å²) in [4.78, 5) is 20.5. The van der Waals surface area contributed by atoms with Crippen LogP contribution in [0, 0.1) is 0 Å². The maximum Gasteiger partial charge on any atom is 0.249 e. The SMILES string of the molecule is CCOc1ccc(CCC(=O)Nc2n[nH]c(-c3ccccn3)n2)cc1. The van der Waals surface area contributed by atoms with Gasteiger partial charge >= 0.3 is 0 Å². The molecule has 3 aromatic rings. The quantitative estimate of drug-likeness (QED) is 0.691. The molecule has 0 fully saturated rings. The summed E-state index contributed by atoms with van der Waals surface area (Å²) in [6, 6.07) is 13.2. The molecule has 25 heavy (non-hydrogen) atoms. The molecular formula is C18H19N5O2. The number of pyridine rings is 1. The maximum absolute atomic E-state index is 12.1. The van der Waals surface area contributed by atoms with Crippen LogP contribution in [-0.2, 0) is 11.2 Å². The molecule has 2 N–H and O–H groups in total. The van der Waals surface area contributed by atoms with Gasteiger partial charge in [-0.3, -0.25) is 20.2 Å². The molecule has 0 saturated heterocycles. The largest absolute Gasteiger partial charge is 0.494 e. The Bertz CT molecular complexity index is 815. The highest BCUT2D eigenvalue weighted by Gasteiger charge is 2.09. The Hall–Kier alpha value is -3.22. The molecule has 0 radical (unpaired) electrons. The van der Waals surface area contributed by atoms with E-state index in [1.54, 1.807) is 6.20 Å². The van der Waals surface area contributed by atoms with Gasteiger partial charge < -0.3 is 4.74 Å². The van der Waals surface area contributed by atoms with Gasteiger partial charge in [0.2, 0.25) is 11.9 Å². The Morgan fingerprint density at radius 3 is 2.76 bits per heavy atom. The number of H-pyrrole nitrogens is 1. The van der Waals surface area contributed by atoms with Crippen LogP contribution < -0.4 is 10.1 Å². The van der Waals surface area contributed by atoms with Crippen molar-refractivity contribution < 1.29 is 9.53 Å². The number of carbonyl (C=O) groups excluding carboxylic acids is 1. The standard InChI is InChI=1S/C18H19N5O2/c1-2-25-14-9-6-13(7-10-14)8-11-16(24)20-18-21-17(22-23-18)15-5-3-4-12-19-15/h3-7,9-10,12H,2,8,11H2,1H3,(H2,20,21,22,23,24). The smallest absolute Gasteiger partial charge is 0.249 e. The number of aromatic nitrogens is 4.